The molecule has 0 fully saturated rings. The molecular weight excluding hydrogens is 258 g/mol. The highest BCUT2D eigenvalue weighted by atomic mass is 19.4. The van der Waals surface area contributed by atoms with Gasteiger partial charge in [-0.15, -0.1) is 0 Å². The van der Waals surface area contributed by atoms with Gasteiger partial charge in [0.1, 0.15) is 5.82 Å². The van der Waals surface area contributed by atoms with E-state index >= 15 is 0 Å². The normalized spacial score (nSPS) is 13.3. The van der Waals surface area contributed by atoms with Gasteiger partial charge in [0.2, 0.25) is 0 Å². The van der Waals surface area contributed by atoms with Crippen LogP contribution in [0.5, 0.6) is 0 Å². The lowest BCUT2D eigenvalue weighted by Crippen LogP contribution is -2.12. The topological polar surface area (TPSA) is 26.0 Å². The van der Waals surface area contributed by atoms with Gasteiger partial charge in [0.05, 0.1) is 11.6 Å². The molecule has 2 aromatic rings. The van der Waals surface area contributed by atoms with Crippen LogP contribution in [0, 0.1) is 5.82 Å². The molecule has 0 aliphatic heterocycles. The molecule has 0 radical (unpaired) electrons. The van der Waals surface area contributed by atoms with Crippen LogP contribution < -0.4 is 5.73 Å². The van der Waals surface area contributed by atoms with E-state index in [1.54, 1.807) is 0 Å². The number of alkyl halides is 3. The molecule has 0 saturated carbocycles. The molecule has 0 bridgehead atoms. The van der Waals surface area contributed by atoms with Crippen LogP contribution in [0.25, 0.3) is 0 Å². The molecule has 0 spiro atoms. The summed E-state index contributed by atoms with van der Waals surface area (Å²) in [6.45, 7) is 0. The Balaban J connectivity index is 2.25. The number of benzene rings is 2. The lowest BCUT2D eigenvalue weighted by atomic mass is 9.98. The third kappa shape index (κ3) is 3.12. The lowest BCUT2D eigenvalue weighted by molar-refractivity contribution is -0.137. The minimum Gasteiger partial charge on any atom is -0.320 e. The van der Waals surface area contributed by atoms with Crippen molar-refractivity contribution in [1.82, 2.24) is 0 Å². The molecule has 0 unspecified atom stereocenters. The van der Waals surface area contributed by atoms with E-state index in [1.165, 1.54) is 36.4 Å². The van der Waals surface area contributed by atoms with Crippen LogP contribution in [-0.4, -0.2) is 0 Å². The largest absolute Gasteiger partial charge is 0.416 e. The summed E-state index contributed by atoms with van der Waals surface area (Å²) >= 11 is 0. The maximum Gasteiger partial charge on any atom is 0.416 e. The highest BCUT2D eigenvalue weighted by Crippen LogP contribution is 2.30. The molecule has 2 rings (SSSR count). The Morgan fingerprint density at radius 2 is 1.21 bits per heavy atom. The van der Waals surface area contributed by atoms with E-state index in [4.69, 9.17) is 5.73 Å². The Morgan fingerprint density at radius 3 is 1.63 bits per heavy atom. The molecule has 1 atom stereocenters. The molecule has 19 heavy (non-hydrogen) atoms. The zero-order valence-corrected chi connectivity index (χ0v) is 9.79. The van der Waals surface area contributed by atoms with Gasteiger partial charge in [0.25, 0.3) is 0 Å². The Kier molecular flexibility index (Phi) is 3.57. The van der Waals surface area contributed by atoms with E-state index in [-0.39, 0.29) is 5.82 Å². The first-order valence-electron chi connectivity index (χ1n) is 5.56. The molecule has 1 nitrogen and oxygen atoms in total. The number of nitrogens with two attached hydrogens (primary N) is 1. The van der Waals surface area contributed by atoms with Crippen LogP contribution in [-0.2, 0) is 6.18 Å². The lowest BCUT2D eigenvalue weighted by Gasteiger charge is -2.14. The summed E-state index contributed by atoms with van der Waals surface area (Å²) in [5.74, 6) is -0.386. The predicted molar refractivity (Wildman–Crippen MR) is 63.9 cm³/mol. The Labute approximate surface area is 107 Å². The van der Waals surface area contributed by atoms with Gasteiger partial charge in [-0.2, -0.15) is 13.2 Å². The highest BCUT2D eigenvalue weighted by molar-refractivity contribution is 5.33. The van der Waals surface area contributed by atoms with Crippen molar-refractivity contribution >= 4 is 0 Å². The second-order valence-corrected chi connectivity index (χ2v) is 4.15. The number of hydrogen-bond donors (Lipinski definition) is 1. The molecule has 5 heteroatoms. The summed E-state index contributed by atoms with van der Waals surface area (Å²) in [6.07, 6.45) is -4.36. The van der Waals surface area contributed by atoms with Crippen molar-refractivity contribution in [3.05, 3.63) is 71.0 Å². The van der Waals surface area contributed by atoms with Gasteiger partial charge in [0, 0.05) is 0 Å². The van der Waals surface area contributed by atoms with Gasteiger partial charge >= 0.3 is 6.18 Å². The van der Waals surface area contributed by atoms with Gasteiger partial charge in [-0.25, -0.2) is 4.39 Å². The first kappa shape index (κ1) is 13.5. The molecule has 0 aliphatic carbocycles. The van der Waals surface area contributed by atoms with Crippen LogP contribution in [0.4, 0.5) is 17.6 Å². The summed E-state index contributed by atoms with van der Waals surface area (Å²) in [7, 11) is 0. The fraction of sp³-hybridized carbons (Fsp3) is 0.143. The third-order valence-electron chi connectivity index (χ3n) is 2.83. The minimum atomic E-state index is -4.36. The monoisotopic (exact) mass is 269 g/mol. The number of rotatable bonds is 2. The van der Waals surface area contributed by atoms with E-state index in [1.807, 2.05) is 0 Å². The molecule has 0 aromatic heterocycles. The van der Waals surface area contributed by atoms with Crippen molar-refractivity contribution in [3.63, 3.8) is 0 Å². The van der Waals surface area contributed by atoms with E-state index in [0.717, 1.165) is 12.1 Å². The molecule has 0 saturated heterocycles. The van der Waals surface area contributed by atoms with Crippen molar-refractivity contribution in [3.8, 4) is 0 Å². The van der Waals surface area contributed by atoms with Crippen LogP contribution in [0.1, 0.15) is 22.7 Å². The van der Waals surface area contributed by atoms with E-state index in [9.17, 15) is 17.6 Å². The van der Waals surface area contributed by atoms with Crippen molar-refractivity contribution in [1.29, 1.82) is 0 Å². The first-order chi connectivity index (χ1) is 8.88. The van der Waals surface area contributed by atoms with Crippen LogP contribution in [0.2, 0.25) is 0 Å². The second kappa shape index (κ2) is 5.01. The van der Waals surface area contributed by atoms with Gasteiger partial charge in [-0.3, -0.25) is 0 Å². The molecule has 0 amide bonds. The van der Waals surface area contributed by atoms with Crippen LogP contribution >= 0.6 is 0 Å². The highest BCUT2D eigenvalue weighted by Gasteiger charge is 2.30. The van der Waals surface area contributed by atoms with Crippen molar-refractivity contribution in [2.75, 3.05) is 0 Å². The number of halogens is 4. The fourth-order valence-corrected chi connectivity index (χ4v) is 1.74. The molecule has 2 N–H and O–H groups in total. The summed E-state index contributed by atoms with van der Waals surface area (Å²) in [5.41, 5.74) is 6.38. The van der Waals surface area contributed by atoms with Crippen LogP contribution in [0.15, 0.2) is 48.5 Å². The summed E-state index contributed by atoms with van der Waals surface area (Å²) in [6, 6.07) is 9.60. The van der Waals surface area contributed by atoms with Gasteiger partial charge < -0.3 is 5.73 Å². The van der Waals surface area contributed by atoms with Gasteiger partial charge in [-0.05, 0) is 35.4 Å². The Bertz CT molecular complexity index is 543. The average molecular weight is 269 g/mol. The molecule has 0 heterocycles. The molecule has 0 aliphatic rings. The van der Waals surface area contributed by atoms with Crippen molar-refractivity contribution < 1.29 is 17.6 Å². The number of hydrogen-bond acceptors (Lipinski definition) is 1. The van der Waals surface area contributed by atoms with E-state index < -0.39 is 17.8 Å². The van der Waals surface area contributed by atoms with E-state index in [2.05, 4.69) is 0 Å². The van der Waals surface area contributed by atoms with Gasteiger partial charge in [0.15, 0.2) is 0 Å². The van der Waals surface area contributed by atoms with Crippen LogP contribution in [0.3, 0.4) is 0 Å². The first-order valence-corrected chi connectivity index (χ1v) is 5.56. The van der Waals surface area contributed by atoms with Crippen molar-refractivity contribution in [2.24, 2.45) is 5.73 Å². The third-order valence-corrected chi connectivity index (χ3v) is 2.83. The standard InChI is InChI=1S/C14H11F4N/c15-12-7-3-10(4-8-12)13(19)9-1-5-11(6-2-9)14(16,17)18/h1-8,13H,19H2/t13-/m1/s1. The Hall–Kier alpha value is -1.88. The molecular formula is C14H11F4N. The molecule has 2 aromatic carbocycles. The fourth-order valence-electron chi connectivity index (χ4n) is 1.74. The zero-order chi connectivity index (χ0) is 14.0. The van der Waals surface area contributed by atoms with Crippen molar-refractivity contribution in [2.45, 2.75) is 12.2 Å². The summed E-state index contributed by atoms with van der Waals surface area (Å²) in [4.78, 5) is 0. The van der Waals surface area contributed by atoms with Gasteiger partial charge in [-0.1, -0.05) is 24.3 Å². The second-order valence-electron chi connectivity index (χ2n) is 4.15. The predicted octanol–water partition coefficient (Wildman–Crippen LogP) is 3.89. The smallest absolute Gasteiger partial charge is 0.320 e. The maximum atomic E-state index is 12.8. The minimum absolute atomic E-state index is 0.386. The molecule has 100 valence electrons. The van der Waals surface area contributed by atoms with E-state index in [0.29, 0.717) is 11.1 Å². The SMILES string of the molecule is N[C@@H](c1ccc(F)cc1)c1ccc(C(F)(F)F)cc1. The maximum absolute atomic E-state index is 12.8. The Morgan fingerprint density at radius 1 is 0.789 bits per heavy atom. The average Bonchev–Trinajstić information content (AvgIpc) is 2.38. The zero-order valence-electron chi connectivity index (χ0n) is 9.79. The summed E-state index contributed by atoms with van der Waals surface area (Å²) in [5, 5.41) is 0. The summed E-state index contributed by atoms with van der Waals surface area (Å²) < 4.78 is 50.0. The quantitative estimate of drug-likeness (QED) is 0.822.